The number of rotatable bonds is 5. The fourth-order valence-electron chi connectivity index (χ4n) is 2.88. The molecule has 118 valence electrons. The van der Waals surface area contributed by atoms with Crippen molar-refractivity contribution in [3.63, 3.8) is 0 Å². The van der Waals surface area contributed by atoms with Gasteiger partial charge < -0.3 is 14.9 Å². The number of hydrogen-bond acceptors (Lipinski definition) is 4. The van der Waals surface area contributed by atoms with Gasteiger partial charge in [-0.05, 0) is 25.6 Å². The van der Waals surface area contributed by atoms with Crippen LogP contribution in [0.5, 0.6) is 0 Å². The van der Waals surface area contributed by atoms with E-state index in [1.165, 1.54) is 5.57 Å². The molecule has 0 spiro atoms. The van der Waals surface area contributed by atoms with E-state index in [0.717, 1.165) is 31.0 Å². The van der Waals surface area contributed by atoms with Crippen LogP contribution < -0.4 is 4.90 Å². The number of nitrogens with zero attached hydrogens (tertiary/aromatic N) is 3. The normalized spacial score (nSPS) is 20.6. The van der Waals surface area contributed by atoms with Crippen molar-refractivity contribution in [1.82, 2.24) is 9.88 Å². The fraction of sp³-hybridized carbons (Fsp3) is 0.389. The highest BCUT2D eigenvalue weighted by atomic mass is 16.3. The van der Waals surface area contributed by atoms with Gasteiger partial charge in [0.25, 0.3) is 0 Å². The van der Waals surface area contributed by atoms with Crippen molar-refractivity contribution in [2.24, 2.45) is 0 Å². The molecule has 2 rings (SSSR count). The largest absolute Gasteiger partial charge is 0.392 e. The number of aliphatic hydroxyl groups is 1. The van der Waals surface area contributed by atoms with Crippen LogP contribution in [0.15, 0.2) is 54.8 Å². The number of anilines is 1. The molecule has 0 aliphatic carbocycles. The maximum Gasteiger partial charge on any atom is 0.134 e. The van der Waals surface area contributed by atoms with Gasteiger partial charge in [-0.2, -0.15) is 0 Å². The highest BCUT2D eigenvalue weighted by Crippen LogP contribution is 2.26. The average Bonchev–Trinajstić information content (AvgIpc) is 2.54. The summed E-state index contributed by atoms with van der Waals surface area (Å²) in [6, 6.07) is 4.00. The predicted octanol–water partition coefficient (Wildman–Crippen LogP) is 2.38. The predicted molar refractivity (Wildman–Crippen MR) is 91.9 cm³/mol. The molecule has 22 heavy (non-hydrogen) atoms. The Morgan fingerprint density at radius 2 is 2.32 bits per heavy atom. The SMILES string of the molecule is C=C/C=C(\C=C/C)C1CN(C)CCN1c1ncccc1CO. The number of hydrogen-bond donors (Lipinski definition) is 1. The zero-order valence-corrected chi connectivity index (χ0v) is 13.4. The van der Waals surface area contributed by atoms with E-state index < -0.39 is 0 Å². The highest BCUT2D eigenvalue weighted by molar-refractivity contribution is 5.51. The number of pyridine rings is 1. The van der Waals surface area contributed by atoms with Gasteiger partial charge in [0, 0.05) is 31.4 Å². The summed E-state index contributed by atoms with van der Waals surface area (Å²) in [6.45, 7) is 8.65. The molecule has 0 aromatic carbocycles. The lowest BCUT2D eigenvalue weighted by atomic mass is 10.0. The third kappa shape index (κ3) is 3.64. The van der Waals surface area contributed by atoms with E-state index in [9.17, 15) is 5.11 Å². The van der Waals surface area contributed by atoms with E-state index in [-0.39, 0.29) is 12.6 Å². The summed E-state index contributed by atoms with van der Waals surface area (Å²) in [7, 11) is 2.14. The van der Waals surface area contributed by atoms with E-state index >= 15 is 0 Å². The zero-order valence-electron chi connectivity index (χ0n) is 13.4. The van der Waals surface area contributed by atoms with Crippen LogP contribution in [-0.2, 0) is 6.61 Å². The summed E-state index contributed by atoms with van der Waals surface area (Å²) in [4.78, 5) is 9.14. The van der Waals surface area contributed by atoms with Gasteiger partial charge in [-0.3, -0.25) is 0 Å². The fourth-order valence-corrected chi connectivity index (χ4v) is 2.88. The van der Waals surface area contributed by atoms with E-state index in [4.69, 9.17) is 0 Å². The summed E-state index contributed by atoms with van der Waals surface area (Å²) in [5, 5.41) is 9.61. The number of piperazine rings is 1. The minimum atomic E-state index is 0.00631. The van der Waals surface area contributed by atoms with E-state index in [0.29, 0.717) is 0 Å². The second kappa shape index (κ2) is 7.92. The summed E-state index contributed by atoms with van der Waals surface area (Å²) in [6.07, 6.45) is 9.84. The molecule has 1 aliphatic heterocycles. The van der Waals surface area contributed by atoms with Crippen LogP contribution in [0.4, 0.5) is 5.82 Å². The monoisotopic (exact) mass is 299 g/mol. The third-order valence-corrected chi connectivity index (χ3v) is 3.95. The number of likely N-dealkylation sites (N-methyl/N-ethyl adjacent to an activating group) is 1. The lowest BCUT2D eigenvalue weighted by molar-refractivity contribution is 0.272. The number of aliphatic hydroxyl groups excluding tert-OH is 1. The molecule has 1 aromatic rings. The lowest BCUT2D eigenvalue weighted by Crippen LogP contribution is -2.53. The Morgan fingerprint density at radius 1 is 1.50 bits per heavy atom. The van der Waals surface area contributed by atoms with Crippen molar-refractivity contribution in [2.75, 3.05) is 31.6 Å². The standard InChI is InChI=1S/C18H25N3O/c1-4-7-15(8-5-2)17-13-20(3)11-12-21(17)18-16(14-22)9-6-10-19-18/h4-10,17,22H,1,11-14H2,2-3H3/b8-5-,15-7+. The molecule has 4 nitrogen and oxygen atoms in total. The molecule has 1 unspecified atom stereocenters. The maximum atomic E-state index is 9.61. The van der Waals surface area contributed by atoms with Gasteiger partial charge in [-0.25, -0.2) is 4.98 Å². The Labute approximate surface area is 133 Å². The molecule has 0 radical (unpaired) electrons. The summed E-state index contributed by atoms with van der Waals surface area (Å²) < 4.78 is 0. The number of aromatic nitrogens is 1. The summed E-state index contributed by atoms with van der Waals surface area (Å²) in [5.41, 5.74) is 2.08. The molecule has 0 bridgehead atoms. The Hall–Kier alpha value is -1.91. The minimum Gasteiger partial charge on any atom is -0.392 e. The van der Waals surface area contributed by atoms with Crippen molar-refractivity contribution in [2.45, 2.75) is 19.6 Å². The van der Waals surface area contributed by atoms with E-state index in [1.807, 2.05) is 31.2 Å². The first-order valence-corrected chi connectivity index (χ1v) is 7.66. The van der Waals surface area contributed by atoms with Crippen molar-refractivity contribution < 1.29 is 5.11 Å². The van der Waals surface area contributed by atoms with E-state index in [1.54, 1.807) is 6.20 Å². The molecular formula is C18H25N3O. The molecule has 1 saturated heterocycles. The van der Waals surface area contributed by atoms with Crippen molar-refractivity contribution >= 4 is 5.82 Å². The van der Waals surface area contributed by atoms with Crippen LogP contribution in [-0.4, -0.2) is 47.7 Å². The first kappa shape index (κ1) is 16.5. The van der Waals surface area contributed by atoms with Crippen molar-refractivity contribution in [3.05, 3.63) is 60.3 Å². The molecule has 2 heterocycles. The van der Waals surface area contributed by atoms with E-state index in [2.05, 4.69) is 40.6 Å². The lowest BCUT2D eigenvalue weighted by Gasteiger charge is -2.42. The van der Waals surface area contributed by atoms with Crippen LogP contribution in [0, 0.1) is 0 Å². The maximum absolute atomic E-state index is 9.61. The van der Waals surface area contributed by atoms with Gasteiger partial charge in [0.2, 0.25) is 0 Å². The van der Waals surface area contributed by atoms with Gasteiger partial charge in [0.15, 0.2) is 0 Å². The summed E-state index contributed by atoms with van der Waals surface area (Å²) in [5.74, 6) is 0.877. The second-order valence-electron chi connectivity index (χ2n) is 5.52. The van der Waals surface area contributed by atoms with Crippen LogP contribution in [0.1, 0.15) is 12.5 Å². The van der Waals surface area contributed by atoms with Gasteiger partial charge in [0.1, 0.15) is 5.82 Å². The molecule has 1 fully saturated rings. The molecule has 0 amide bonds. The van der Waals surface area contributed by atoms with Crippen molar-refractivity contribution in [1.29, 1.82) is 0 Å². The molecular weight excluding hydrogens is 274 g/mol. The molecule has 1 atom stereocenters. The molecule has 0 saturated carbocycles. The van der Waals surface area contributed by atoms with Gasteiger partial charge in [0.05, 0.1) is 12.6 Å². The van der Waals surface area contributed by atoms with Crippen LogP contribution in [0.25, 0.3) is 0 Å². The Balaban J connectivity index is 2.42. The first-order valence-electron chi connectivity index (χ1n) is 7.66. The van der Waals surface area contributed by atoms with Crippen molar-refractivity contribution in [3.8, 4) is 0 Å². The third-order valence-electron chi connectivity index (χ3n) is 3.95. The Kier molecular flexibility index (Phi) is 5.92. The highest BCUT2D eigenvalue weighted by Gasteiger charge is 2.29. The smallest absolute Gasteiger partial charge is 0.134 e. The molecule has 4 heteroatoms. The van der Waals surface area contributed by atoms with Gasteiger partial charge in [-0.15, -0.1) is 0 Å². The molecule has 1 aliphatic rings. The molecule has 1 aromatic heterocycles. The Bertz CT molecular complexity index is 565. The Morgan fingerprint density at radius 3 is 3.00 bits per heavy atom. The van der Waals surface area contributed by atoms with Gasteiger partial charge in [-0.1, -0.05) is 36.9 Å². The number of allylic oxidation sites excluding steroid dienone is 3. The summed E-state index contributed by atoms with van der Waals surface area (Å²) >= 11 is 0. The zero-order chi connectivity index (χ0) is 15.9. The minimum absolute atomic E-state index is 0.00631. The first-order chi connectivity index (χ1) is 10.7. The van der Waals surface area contributed by atoms with Crippen LogP contribution >= 0.6 is 0 Å². The topological polar surface area (TPSA) is 39.6 Å². The average molecular weight is 299 g/mol. The second-order valence-corrected chi connectivity index (χ2v) is 5.52. The van der Waals surface area contributed by atoms with Crippen LogP contribution in [0.2, 0.25) is 0 Å². The van der Waals surface area contributed by atoms with Gasteiger partial charge >= 0.3 is 0 Å². The molecule has 1 N–H and O–H groups in total. The van der Waals surface area contributed by atoms with Crippen LogP contribution in [0.3, 0.4) is 0 Å². The quantitative estimate of drug-likeness (QED) is 0.848.